The number of nitrogens with zero attached hydrogens (tertiary/aromatic N) is 3. The van der Waals surface area contributed by atoms with Crippen LogP contribution in [0.2, 0.25) is 0 Å². The lowest BCUT2D eigenvalue weighted by Crippen LogP contribution is -2.47. The summed E-state index contributed by atoms with van der Waals surface area (Å²) in [6, 6.07) is 13.7. The predicted octanol–water partition coefficient (Wildman–Crippen LogP) is 4.95. The highest BCUT2D eigenvalue weighted by Crippen LogP contribution is 2.32. The summed E-state index contributed by atoms with van der Waals surface area (Å²) in [5, 5.41) is 3.57. The average Bonchev–Trinajstić information content (AvgIpc) is 3.03. The van der Waals surface area contributed by atoms with Crippen molar-refractivity contribution in [3.05, 3.63) is 42.6 Å². The number of aromatic nitrogens is 2. The molecule has 1 N–H and O–H groups in total. The number of piperidine rings is 1. The summed E-state index contributed by atoms with van der Waals surface area (Å²) in [7, 11) is 0. The summed E-state index contributed by atoms with van der Waals surface area (Å²) in [6.45, 7) is 4.52. The number of rotatable bonds is 3. The van der Waals surface area contributed by atoms with E-state index in [4.69, 9.17) is 4.98 Å². The molecule has 0 unspecified atom stereocenters. The average molecular weight is 338 g/mol. The maximum atomic E-state index is 4.75. The van der Waals surface area contributed by atoms with Crippen molar-refractivity contribution in [2.45, 2.75) is 45.2 Å². The molecule has 5 heteroatoms. The molecule has 0 amide bonds. The van der Waals surface area contributed by atoms with Crippen molar-refractivity contribution in [3.63, 3.8) is 0 Å². The van der Waals surface area contributed by atoms with Gasteiger partial charge in [0.1, 0.15) is 0 Å². The van der Waals surface area contributed by atoms with Gasteiger partial charge in [0.2, 0.25) is 5.95 Å². The Hall–Kier alpha value is -1.98. The molecular weight excluding hydrogens is 316 g/mol. The summed E-state index contributed by atoms with van der Waals surface area (Å²) in [5.74, 6) is 0.686. The van der Waals surface area contributed by atoms with Crippen molar-refractivity contribution in [1.29, 1.82) is 0 Å². The van der Waals surface area contributed by atoms with Crippen LogP contribution in [0.3, 0.4) is 0 Å². The second-order valence-corrected chi connectivity index (χ2v) is 7.65. The van der Waals surface area contributed by atoms with E-state index in [1.807, 2.05) is 12.3 Å². The molecule has 0 spiro atoms. The molecule has 3 aromatic rings. The first kappa shape index (κ1) is 15.5. The Balaban J connectivity index is 1.61. The van der Waals surface area contributed by atoms with E-state index < -0.39 is 0 Å². The summed E-state index contributed by atoms with van der Waals surface area (Å²) >= 11 is 1.77. The first-order chi connectivity index (χ1) is 11.7. The Morgan fingerprint density at radius 3 is 2.71 bits per heavy atom. The molecular formula is C19H22N4S. The van der Waals surface area contributed by atoms with E-state index in [1.165, 1.54) is 34.2 Å². The van der Waals surface area contributed by atoms with Gasteiger partial charge in [0.05, 0.1) is 10.6 Å². The fourth-order valence-electron chi connectivity index (χ4n) is 3.42. The first-order valence-electron chi connectivity index (χ1n) is 8.58. The molecule has 2 aromatic heterocycles. The predicted molar refractivity (Wildman–Crippen MR) is 101 cm³/mol. The van der Waals surface area contributed by atoms with Gasteiger partial charge in [-0.2, -0.15) is 0 Å². The van der Waals surface area contributed by atoms with E-state index in [-0.39, 0.29) is 0 Å². The quantitative estimate of drug-likeness (QED) is 0.734. The Kier molecular flexibility index (Phi) is 4.21. The fourth-order valence-corrected chi connectivity index (χ4v) is 4.45. The van der Waals surface area contributed by atoms with E-state index in [2.05, 4.69) is 59.6 Å². The van der Waals surface area contributed by atoms with E-state index >= 15 is 0 Å². The molecule has 24 heavy (non-hydrogen) atoms. The summed E-state index contributed by atoms with van der Waals surface area (Å²) in [6.07, 6.45) is 5.57. The van der Waals surface area contributed by atoms with Crippen LogP contribution in [-0.4, -0.2) is 27.1 Å². The van der Waals surface area contributed by atoms with E-state index in [0.29, 0.717) is 18.0 Å². The number of hydrazine groups is 1. The van der Waals surface area contributed by atoms with Crippen LogP contribution in [0.1, 0.15) is 33.1 Å². The first-order valence-corrected chi connectivity index (χ1v) is 9.39. The largest absolute Gasteiger partial charge is 0.286 e. The number of hydrogen-bond donors (Lipinski definition) is 1. The molecule has 4 rings (SSSR count). The molecule has 0 radical (unpaired) electrons. The third-order valence-electron chi connectivity index (χ3n) is 4.76. The third-order valence-corrected chi connectivity index (χ3v) is 5.89. The SMILES string of the molecule is C[C@H]1CCC[C@H](C)N1Nc1nccc(-c2cc3ccccc3s2)n1. The minimum atomic E-state index is 0.505. The zero-order chi connectivity index (χ0) is 16.5. The lowest BCUT2D eigenvalue weighted by molar-refractivity contribution is 0.134. The molecule has 2 atom stereocenters. The Morgan fingerprint density at radius 1 is 1.12 bits per heavy atom. The second-order valence-electron chi connectivity index (χ2n) is 6.56. The molecule has 1 aliphatic rings. The molecule has 124 valence electrons. The second kappa shape index (κ2) is 6.49. The highest BCUT2D eigenvalue weighted by atomic mass is 32.1. The zero-order valence-corrected chi connectivity index (χ0v) is 14.9. The van der Waals surface area contributed by atoms with Crippen molar-refractivity contribution < 1.29 is 0 Å². The van der Waals surface area contributed by atoms with Crippen LogP contribution in [0.4, 0.5) is 5.95 Å². The number of fused-ring (bicyclic) bond motifs is 1. The Labute approximate surface area is 146 Å². The van der Waals surface area contributed by atoms with Gasteiger partial charge in [0.25, 0.3) is 0 Å². The molecule has 1 fully saturated rings. The molecule has 1 aliphatic heterocycles. The van der Waals surface area contributed by atoms with Gasteiger partial charge >= 0.3 is 0 Å². The van der Waals surface area contributed by atoms with Crippen molar-refractivity contribution in [3.8, 4) is 10.6 Å². The van der Waals surface area contributed by atoms with Crippen molar-refractivity contribution in [2.75, 3.05) is 5.43 Å². The van der Waals surface area contributed by atoms with Crippen LogP contribution in [0.25, 0.3) is 20.7 Å². The van der Waals surface area contributed by atoms with E-state index in [0.717, 1.165) is 5.69 Å². The Morgan fingerprint density at radius 2 is 1.92 bits per heavy atom. The highest BCUT2D eigenvalue weighted by molar-refractivity contribution is 7.22. The van der Waals surface area contributed by atoms with E-state index in [9.17, 15) is 0 Å². The van der Waals surface area contributed by atoms with Crippen LogP contribution in [0.15, 0.2) is 42.6 Å². The minimum absolute atomic E-state index is 0.505. The van der Waals surface area contributed by atoms with Gasteiger partial charge in [0, 0.05) is 23.0 Å². The van der Waals surface area contributed by atoms with Crippen LogP contribution < -0.4 is 5.43 Å². The number of anilines is 1. The van der Waals surface area contributed by atoms with Gasteiger partial charge in [0.15, 0.2) is 0 Å². The molecule has 1 saturated heterocycles. The highest BCUT2D eigenvalue weighted by Gasteiger charge is 2.25. The number of nitrogens with one attached hydrogen (secondary N) is 1. The smallest absolute Gasteiger partial charge is 0.238 e. The number of hydrogen-bond acceptors (Lipinski definition) is 5. The summed E-state index contributed by atoms with van der Waals surface area (Å²) < 4.78 is 1.29. The van der Waals surface area contributed by atoms with Gasteiger partial charge in [-0.15, -0.1) is 11.3 Å². The summed E-state index contributed by atoms with van der Waals surface area (Å²) in [5.41, 5.74) is 4.42. The number of thiophene rings is 1. The lowest BCUT2D eigenvalue weighted by atomic mass is 10.00. The molecule has 0 bridgehead atoms. The Bertz CT molecular complexity index is 801. The van der Waals surface area contributed by atoms with Crippen LogP contribution in [0.5, 0.6) is 0 Å². The zero-order valence-electron chi connectivity index (χ0n) is 14.1. The van der Waals surface area contributed by atoms with Crippen molar-refractivity contribution in [1.82, 2.24) is 15.0 Å². The minimum Gasteiger partial charge on any atom is -0.286 e. The number of benzene rings is 1. The van der Waals surface area contributed by atoms with Gasteiger partial charge in [-0.3, -0.25) is 5.43 Å². The topological polar surface area (TPSA) is 41.0 Å². The third kappa shape index (κ3) is 3.01. The molecule has 1 aromatic carbocycles. The van der Waals surface area contributed by atoms with Crippen molar-refractivity contribution >= 4 is 27.4 Å². The fraction of sp³-hybridized carbons (Fsp3) is 0.368. The summed E-state index contributed by atoms with van der Waals surface area (Å²) in [4.78, 5) is 10.4. The molecule has 0 saturated carbocycles. The van der Waals surface area contributed by atoms with Gasteiger partial charge < -0.3 is 0 Å². The monoisotopic (exact) mass is 338 g/mol. The van der Waals surface area contributed by atoms with Gasteiger partial charge in [-0.1, -0.05) is 24.6 Å². The van der Waals surface area contributed by atoms with Crippen LogP contribution in [0, 0.1) is 0 Å². The maximum absolute atomic E-state index is 4.75. The molecule has 0 aliphatic carbocycles. The van der Waals surface area contributed by atoms with Crippen LogP contribution >= 0.6 is 11.3 Å². The van der Waals surface area contributed by atoms with Gasteiger partial charge in [-0.05, 0) is 50.3 Å². The van der Waals surface area contributed by atoms with Gasteiger partial charge in [-0.25, -0.2) is 15.0 Å². The molecule has 3 heterocycles. The maximum Gasteiger partial charge on any atom is 0.238 e. The van der Waals surface area contributed by atoms with E-state index in [1.54, 1.807) is 11.3 Å². The lowest BCUT2D eigenvalue weighted by Gasteiger charge is -2.38. The normalized spacial score (nSPS) is 21.9. The van der Waals surface area contributed by atoms with Crippen molar-refractivity contribution in [2.24, 2.45) is 0 Å². The standard InChI is InChI=1S/C19H22N4S/c1-13-6-5-7-14(2)23(13)22-19-20-11-10-16(21-19)18-12-15-8-3-4-9-17(15)24-18/h3-4,8-14H,5-7H2,1-2H3,(H,20,21,22)/t13-,14-/m0/s1. The van der Waals surface area contributed by atoms with Crippen LogP contribution in [-0.2, 0) is 0 Å². The molecule has 4 nitrogen and oxygen atoms in total.